The molecule has 1 aliphatic heterocycles. The number of hydrogen-bond acceptors (Lipinski definition) is 3. The number of aliphatic hydroxyl groups excluding tert-OH is 1. The first-order valence-corrected chi connectivity index (χ1v) is 7.62. The van der Waals surface area contributed by atoms with Crippen LogP contribution < -0.4 is 0 Å². The maximum absolute atomic E-state index is 13.8. The molecule has 1 aromatic heterocycles. The van der Waals surface area contributed by atoms with Gasteiger partial charge in [0.2, 0.25) is 0 Å². The minimum absolute atomic E-state index is 0.200. The maximum atomic E-state index is 13.8. The summed E-state index contributed by atoms with van der Waals surface area (Å²) in [4.78, 5) is 6.76. The molecular formula is C17H21FN2O. The van der Waals surface area contributed by atoms with Crippen LogP contribution in [-0.2, 0) is 6.54 Å². The summed E-state index contributed by atoms with van der Waals surface area (Å²) in [6, 6.07) is 6.88. The molecular weight excluding hydrogens is 267 g/mol. The molecule has 0 saturated carbocycles. The van der Waals surface area contributed by atoms with Gasteiger partial charge in [-0.2, -0.15) is 0 Å². The number of aliphatic hydroxyl groups is 1. The van der Waals surface area contributed by atoms with Crippen molar-refractivity contribution >= 4 is 10.9 Å². The zero-order valence-corrected chi connectivity index (χ0v) is 12.1. The first-order chi connectivity index (χ1) is 10.3. The van der Waals surface area contributed by atoms with Gasteiger partial charge in [-0.05, 0) is 55.5 Å². The standard InChI is InChI=1S/C17H21FN2O/c18-16-9-14-4-1-6-19-17(14)15(10-16)12-20-7-2-3-13(11-20)5-8-21/h1,4,6,9-10,13,21H,2-3,5,7-8,11-12H2. The Morgan fingerprint density at radius 1 is 1.38 bits per heavy atom. The van der Waals surface area contributed by atoms with Crippen LogP contribution >= 0.6 is 0 Å². The van der Waals surface area contributed by atoms with Gasteiger partial charge < -0.3 is 5.11 Å². The lowest BCUT2D eigenvalue weighted by Gasteiger charge is -2.32. The first kappa shape index (κ1) is 14.4. The molecule has 112 valence electrons. The van der Waals surface area contributed by atoms with Crippen molar-refractivity contribution < 1.29 is 9.50 Å². The highest BCUT2D eigenvalue weighted by Gasteiger charge is 2.20. The van der Waals surface area contributed by atoms with Crippen LogP contribution in [0.4, 0.5) is 4.39 Å². The fraction of sp³-hybridized carbons (Fsp3) is 0.471. The van der Waals surface area contributed by atoms with Crippen molar-refractivity contribution in [1.29, 1.82) is 0 Å². The van der Waals surface area contributed by atoms with E-state index in [0.717, 1.165) is 48.9 Å². The molecule has 3 rings (SSSR count). The van der Waals surface area contributed by atoms with Crippen LogP contribution in [0.2, 0.25) is 0 Å². The minimum Gasteiger partial charge on any atom is -0.396 e. The van der Waals surface area contributed by atoms with Gasteiger partial charge in [0.1, 0.15) is 5.82 Å². The molecule has 4 heteroatoms. The quantitative estimate of drug-likeness (QED) is 0.939. The van der Waals surface area contributed by atoms with Crippen molar-refractivity contribution in [3.63, 3.8) is 0 Å². The molecule has 0 spiro atoms. The Hall–Kier alpha value is -1.52. The zero-order chi connectivity index (χ0) is 14.7. The Morgan fingerprint density at radius 3 is 3.14 bits per heavy atom. The number of fused-ring (bicyclic) bond motifs is 1. The molecule has 1 aromatic carbocycles. The Labute approximate surface area is 124 Å². The molecule has 0 bridgehead atoms. The first-order valence-electron chi connectivity index (χ1n) is 7.62. The van der Waals surface area contributed by atoms with Crippen molar-refractivity contribution in [2.75, 3.05) is 19.7 Å². The molecule has 3 nitrogen and oxygen atoms in total. The largest absolute Gasteiger partial charge is 0.396 e. The van der Waals surface area contributed by atoms with E-state index in [1.54, 1.807) is 12.3 Å². The lowest BCUT2D eigenvalue weighted by atomic mass is 9.94. The fourth-order valence-electron chi connectivity index (χ4n) is 3.30. The highest BCUT2D eigenvalue weighted by atomic mass is 19.1. The SMILES string of the molecule is OCCC1CCCN(Cc2cc(F)cc3cccnc23)C1. The monoisotopic (exact) mass is 288 g/mol. The number of likely N-dealkylation sites (tertiary alicyclic amines) is 1. The normalized spacial score (nSPS) is 20.0. The number of hydrogen-bond donors (Lipinski definition) is 1. The summed E-state index contributed by atoms with van der Waals surface area (Å²) in [6.45, 7) is 2.99. The molecule has 21 heavy (non-hydrogen) atoms. The second kappa shape index (κ2) is 6.50. The summed E-state index contributed by atoms with van der Waals surface area (Å²) in [5.74, 6) is 0.353. The number of pyridine rings is 1. The number of halogens is 1. The topological polar surface area (TPSA) is 36.4 Å². The lowest BCUT2D eigenvalue weighted by molar-refractivity contribution is 0.142. The lowest BCUT2D eigenvalue weighted by Crippen LogP contribution is -2.35. The van der Waals surface area contributed by atoms with Crippen molar-refractivity contribution in [3.8, 4) is 0 Å². The van der Waals surface area contributed by atoms with Gasteiger partial charge in [-0.15, -0.1) is 0 Å². The van der Waals surface area contributed by atoms with Crippen molar-refractivity contribution in [2.45, 2.75) is 25.8 Å². The van der Waals surface area contributed by atoms with E-state index in [0.29, 0.717) is 5.92 Å². The molecule has 0 aliphatic carbocycles. The molecule has 1 saturated heterocycles. The Bertz CT molecular complexity index is 615. The van der Waals surface area contributed by atoms with Crippen molar-refractivity contribution in [1.82, 2.24) is 9.88 Å². The average Bonchev–Trinajstić information content (AvgIpc) is 2.48. The maximum Gasteiger partial charge on any atom is 0.124 e. The summed E-state index contributed by atoms with van der Waals surface area (Å²) in [7, 11) is 0. The smallest absolute Gasteiger partial charge is 0.124 e. The van der Waals surface area contributed by atoms with E-state index in [1.807, 2.05) is 12.1 Å². The summed E-state index contributed by atoms with van der Waals surface area (Å²) in [6.07, 6.45) is 4.94. The molecule has 1 unspecified atom stereocenters. The summed E-state index contributed by atoms with van der Waals surface area (Å²) >= 11 is 0. The predicted octanol–water partition coefficient (Wildman–Crippen LogP) is 2.97. The number of piperidine rings is 1. The van der Waals surface area contributed by atoms with Crippen LogP contribution in [0.15, 0.2) is 30.5 Å². The third-order valence-corrected chi connectivity index (χ3v) is 4.28. The van der Waals surface area contributed by atoms with E-state index in [9.17, 15) is 4.39 Å². The van der Waals surface area contributed by atoms with Gasteiger partial charge in [-0.3, -0.25) is 9.88 Å². The number of aromatic nitrogens is 1. The van der Waals surface area contributed by atoms with Crippen LogP contribution in [-0.4, -0.2) is 34.7 Å². The molecule has 0 radical (unpaired) electrons. The molecule has 1 N–H and O–H groups in total. The molecule has 2 aromatic rings. The average molecular weight is 288 g/mol. The van der Waals surface area contributed by atoms with Gasteiger partial charge in [0.15, 0.2) is 0 Å². The van der Waals surface area contributed by atoms with Crippen LogP contribution in [0.25, 0.3) is 10.9 Å². The summed E-state index contributed by atoms with van der Waals surface area (Å²) in [5, 5.41) is 9.95. The number of benzene rings is 1. The molecule has 1 fully saturated rings. The third-order valence-electron chi connectivity index (χ3n) is 4.28. The fourth-order valence-corrected chi connectivity index (χ4v) is 3.30. The van der Waals surface area contributed by atoms with E-state index in [-0.39, 0.29) is 12.4 Å². The van der Waals surface area contributed by atoms with E-state index in [4.69, 9.17) is 5.11 Å². The van der Waals surface area contributed by atoms with E-state index >= 15 is 0 Å². The van der Waals surface area contributed by atoms with Gasteiger partial charge in [0.05, 0.1) is 5.52 Å². The van der Waals surface area contributed by atoms with Crippen LogP contribution in [0.5, 0.6) is 0 Å². The molecule has 2 heterocycles. The van der Waals surface area contributed by atoms with Crippen molar-refractivity contribution in [2.24, 2.45) is 5.92 Å². The van der Waals surface area contributed by atoms with Gasteiger partial charge in [-0.1, -0.05) is 6.07 Å². The minimum atomic E-state index is -0.200. The second-order valence-electron chi connectivity index (χ2n) is 5.90. The van der Waals surface area contributed by atoms with E-state index < -0.39 is 0 Å². The van der Waals surface area contributed by atoms with E-state index in [1.165, 1.54) is 12.5 Å². The molecule has 0 amide bonds. The third kappa shape index (κ3) is 3.39. The van der Waals surface area contributed by atoms with Gasteiger partial charge in [-0.25, -0.2) is 4.39 Å². The van der Waals surface area contributed by atoms with Crippen LogP contribution in [0, 0.1) is 11.7 Å². The summed E-state index contributed by atoms with van der Waals surface area (Å²) < 4.78 is 13.8. The number of rotatable bonds is 4. The van der Waals surface area contributed by atoms with Gasteiger partial charge in [0.25, 0.3) is 0 Å². The Kier molecular flexibility index (Phi) is 4.46. The summed E-state index contributed by atoms with van der Waals surface area (Å²) in [5.41, 5.74) is 1.85. The highest BCUT2D eigenvalue weighted by Crippen LogP contribution is 2.24. The van der Waals surface area contributed by atoms with Gasteiger partial charge >= 0.3 is 0 Å². The molecule has 1 aliphatic rings. The van der Waals surface area contributed by atoms with E-state index in [2.05, 4.69) is 9.88 Å². The van der Waals surface area contributed by atoms with Crippen LogP contribution in [0.3, 0.4) is 0 Å². The highest BCUT2D eigenvalue weighted by molar-refractivity contribution is 5.81. The van der Waals surface area contributed by atoms with Gasteiger partial charge in [0, 0.05) is 31.3 Å². The predicted molar refractivity (Wildman–Crippen MR) is 81.4 cm³/mol. The number of nitrogens with zero attached hydrogens (tertiary/aromatic N) is 2. The second-order valence-corrected chi connectivity index (χ2v) is 5.90. The Morgan fingerprint density at radius 2 is 2.29 bits per heavy atom. The Balaban J connectivity index is 1.81. The van der Waals surface area contributed by atoms with Crippen LogP contribution in [0.1, 0.15) is 24.8 Å². The van der Waals surface area contributed by atoms with Crippen molar-refractivity contribution in [3.05, 3.63) is 41.8 Å². The molecule has 1 atom stereocenters. The zero-order valence-electron chi connectivity index (χ0n) is 12.1.